The molecule has 520 valence electrons. The van der Waals surface area contributed by atoms with Gasteiger partial charge in [-0.3, -0.25) is 52.7 Å². The third-order valence-corrected chi connectivity index (χ3v) is 18.3. The second kappa shape index (κ2) is 37.5. The maximum atomic E-state index is 15.2. The van der Waals surface area contributed by atoms with Crippen molar-refractivity contribution >= 4 is 65.0 Å². The standard InChI is InChI=1S/C67H120N12O12/c1-24-26-30-44(14)56(80)55-61(85)70-48(25-2)63(87)73(18)47(17)58(82)72-53(43(13)31-34-79-32-28-27-29-33-79)60(84)71-52(41(9)10)66(90)74(19)49(35-38(3)4)59(83)68-45(15)57(81)69-46(16)62(86)75(20)50(36-39(5)6)64(88)76(21)51(37-40(7)8)65(89)77(22)54(42(11)12)67(91)78(55)23/h24,26,38-56,80H,25,27-37H2,1-23H3,(H,68,83)(H,69,81)(H,70,85)(H,71,84)(H,72,82)/b26-24+/t43-,44-,45+,46-,47-,48+,49+,50+,51+,52+,53+,54+,55+,56-/m1/s1. The second-order valence-corrected chi connectivity index (χ2v) is 28.0. The average Bonchev–Trinajstić information content (AvgIpc) is 1.34. The molecule has 2 aliphatic heterocycles. The number of piperidine rings is 1. The Balaban J connectivity index is 3.00. The molecule has 2 saturated heterocycles. The Morgan fingerprint density at radius 2 is 0.945 bits per heavy atom. The molecule has 0 bridgehead atoms. The van der Waals surface area contributed by atoms with E-state index in [1.54, 1.807) is 54.5 Å². The van der Waals surface area contributed by atoms with E-state index in [1.807, 2.05) is 54.5 Å². The zero-order chi connectivity index (χ0) is 69.8. The summed E-state index contributed by atoms with van der Waals surface area (Å²) in [6, 6.07) is -13.7. The van der Waals surface area contributed by atoms with Crippen LogP contribution in [0.5, 0.6) is 0 Å². The van der Waals surface area contributed by atoms with Crippen LogP contribution in [0.15, 0.2) is 12.2 Å². The highest BCUT2D eigenvalue weighted by Gasteiger charge is 2.46. The summed E-state index contributed by atoms with van der Waals surface area (Å²) in [5, 5.41) is 26.2. The summed E-state index contributed by atoms with van der Waals surface area (Å²) in [7, 11) is 8.56. The zero-order valence-electron chi connectivity index (χ0n) is 59.7. The molecule has 0 radical (unpaired) electrons. The fourth-order valence-electron chi connectivity index (χ4n) is 12.0. The molecule has 14 atom stereocenters. The minimum atomic E-state index is -1.62. The minimum Gasteiger partial charge on any atom is -0.390 e. The number of aliphatic hydroxyl groups is 1. The van der Waals surface area contributed by atoms with Crippen LogP contribution in [0.1, 0.15) is 175 Å². The molecular formula is C67H120N12O12. The summed E-state index contributed by atoms with van der Waals surface area (Å²) >= 11 is 0. The van der Waals surface area contributed by atoms with Crippen molar-refractivity contribution in [2.24, 2.45) is 41.4 Å². The van der Waals surface area contributed by atoms with Gasteiger partial charge in [0.15, 0.2) is 0 Å². The van der Waals surface area contributed by atoms with Crippen molar-refractivity contribution in [1.82, 2.24) is 60.9 Å². The topological polar surface area (TPSA) is 291 Å². The Morgan fingerprint density at radius 1 is 0.473 bits per heavy atom. The molecule has 0 spiro atoms. The predicted octanol–water partition coefficient (Wildman–Crippen LogP) is 3.78. The van der Waals surface area contributed by atoms with Crippen molar-refractivity contribution < 1.29 is 57.8 Å². The molecule has 2 aliphatic rings. The van der Waals surface area contributed by atoms with Crippen LogP contribution in [0, 0.1) is 41.4 Å². The number of allylic oxidation sites excluding steroid dienone is 2. The lowest BCUT2D eigenvalue weighted by molar-refractivity contribution is -0.157. The van der Waals surface area contributed by atoms with Gasteiger partial charge in [-0.2, -0.15) is 0 Å². The first kappa shape index (κ1) is 80.9. The van der Waals surface area contributed by atoms with E-state index in [0.29, 0.717) is 19.4 Å². The van der Waals surface area contributed by atoms with E-state index in [-0.39, 0.29) is 43.4 Å². The maximum absolute atomic E-state index is 15.2. The van der Waals surface area contributed by atoms with E-state index in [0.717, 1.165) is 42.2 Å². The van der Waals surface area contributed by atoms with Crippen molar-refractivity contribution in [2.45, 2.75) is 248 Å². The first-order valence-electron chi connectivity index (χ1n) is 33.4. The van der Waals surface area contributed by atoms with Gasteiger partial charge in [-0.1, -0.05) is 109 Å². The van der Waals surface area contributed by atoms with Crippen molar-refractivity contribution in [1.29, 1.82) is 0 Å². The number of likely N-dealkylation sites (tertiary alicyclic amines) is 1. The molecule has 91 heavy (non-hydrogen) atoms. The number of amides is 11. The summed E-state index contributed by atoms with van der Waals surface area (Å²) in [6.07, 6.45) is 6.53. The Morgan fingerprint density at radius 3 is 1.44 bits per heavy atom. The van der Waals surface area contributed by atoms with Crippen molar-refractivity contribution in [3.63, 3.8) is 0 Å². The first-order valence-corrected chi connectivity index (χ1v) is 33.4. The Bertz CT molecular complexity index is 2480. The number of likely N-dealkylation sites (N-methyl/N-ethyl adjacent to an activating group) is 6. The molecule has 0 unspecified atom stereocenters. The van der Waals surface area contributed by atoms with Gasteiger partial charge in [0, 0.05) is 42.3 Å². The Labute approximate surface area is 545 Å². The van der Waals surface area contributed by atoms with Crippen molar-refractivity contribution in [3.05, 3.63) is 12.2 Å². The lowest BCUT2D eigenvalue weighted by Gasteiger charge is -2.41. The van der Waals surface area contributed by atoms with E-state index in [9.17, 15) is 43.5 Å². The summed E-state index contributed by atoms with van der Waals surface area (Å²) in [4.78, 5) is 172. The number of aliphatic hydroxyl groups excluding tert-OH is 1. The van der Waals surface area contributed by atoms with Crippen LogP contribution in [0.4, 0.5) is 0 Å². The first-order chi connectivity index (χ1) is 42.3. The van der Waals surface area contributed by atoms with E-state index >= 15 is 14.4 Å². The maximum Gasteiger partial charge on any atom is 0.246 e. The number of nitrogens with zero attached hydrogens (tertiary/aromatic N) is 7. The Hall–Kier alpha value is -6.17. The number of carbonyl (C=O) groups is 11. The van der Waals surface area contributed by atoms with Crippen LogP contribution in [0.2, 0.25) is 0 Å². The third kappa shape index (κ3) is 22.8. The molecule has 0 aromatic rings. The summed E-state index contributed by atoms with van der Waals surface area (Å²) in [5.41, 5.74) is 0. The molecule has 24 heteroatoms. The van der Waals surface area contributed by atoms with Crippen LogP contribution in [0.25, 0.3) is 0 Å². The van der Waals surface area contributed by atoms with Gasteiger partial charge < -0.3 is 66.0 Å². The number of nitrogens with one attached hydrogen (secondary N) is 5. The summed E-state index contributed by atoms with van der Waals surface area (Å²) < 4.78 is 0. The fraction of sp³-hybridized carbons (Fsp3) is 0.806. The largest absolute Gasteiger partial charge is 0.390 e. The molecule has 24 nitrogen and oxygen atoms in total. The van der Waals surface area contributed by atoms with E-state index in [4.69, 9.17) is 0 Å². The number of hydrogen-bond acceptors (Lipinski definition) is 13. The molecule has 2 rings (SSSR count). The SMILES string of the molecule is C/C=C/C[C@@H](C)[C@@H](O)[C@H]1C(=O)N[C@@H](CC)C(=O)N(C)[C@H](C)C(=O)N[C@@H]([C@H](C)CCN2CCCCC2)C(=O)N[C@@H](C(C)C)C(=O)N(C)[C@@H](CC(C)C)C(=O)N[C@@H](C)C(=O)N[C@H](C)C(=O)N(C)[C@@H](CC(C)C)C(=O)N(C)[C@@H](CC(C)C)C(=O)N(C)[C@@H](C(C)C)C(=O)N1C. The minimum absolute atomic E-state index is 0.0134. The van der Waals surface area contributed by atoms with Crippen LogP contribution >= 0.6 is 0 Å². The highest BCUT2D eigenvalue weighted by atomic mass is 16.3. The number of hydrogen-bond donors (Lipinski definition) is 6. The molecular weight excluding hydrogens is 1160 g/mol. The van der Waals surface area contributed by atoms with Gasteiger partial charge in [-0.25, -0.2) is 0 Å². The van der Waals surface area contributed by atoms with Gasteiger partial charge in [0.25, 0.3) is 0 Å². The van der Waals surface area contributed by atoms with E-state index < -0.39 is 161 Å². The lowest BCUT2D eigenvalue weighted by Crippen LogP contribution is -2.64. The highest BCUT2D eigenvalue weighted by molar-refractivity contribution is 6.00. The molecule has 2 heterocycles. The fourth-order valence-corrected chi connectivity index (χ4v) is 12.0. The van der Waals surface area contributed by atoms with E-state index in [2.05, 4.69) is 31.5 Å². The number of carbonyl (C=O) groups excluding carboxylic acids is 11. The van der Waals surface area contributed by atoms with Crippen molar-refractivity contribution in [3.8, 4) is 0 Å². The van der Waals surface area contributed by atoms with E-state index in [1.165, 1.54) is 82.7 Å². The molecule has 0 aliphatic carbocycles. The highest BCUT2D eigenvalue weighted by Crippen LogP contribution is 2.26. The normalized spacial score (nSPS) is 28.1. The molecule has 2 fully saturated rings. The smallest absolute Gasteiger partial charge is 0.246 e. The van der Waals surface area contributed by atoms with Gasteiger partial charge >= 0.3 is 0 Å². The molecule has 11 amide bonds. The predicted molar refractivity (Wildman–Crippen MR) is 353 cm³/mol. The second-order valence-electron chi connectivity index (χ2n) is 28.0. The quantitative estimate of drug-likeness (QED) is 0.113. The summed E-state index contributed by atoms with van der Waals surface area (Å²) in [6.45, 7) is 32.0. The number of rotatable bonds is 17. The summed E-state index contributed by atoms with van der Waals surface area (Å²) in [5.74, 6) is -10.2. The Kier molecular flexibility index (Phi) is 33.4. The third-order valence-electron chi connectivity index (χ3n) is 18.3. The van der Waals surface area contributed by atoms with Crippen LogP contribution < -0.4 is 26.6 Å². The van der Waals surface area contributed by atoms with Gasteiger partial charge in [0.2, 0.25) is 65.0 Å². The van der Waals surface area contributed by atoms with Gasteiger partial charge in [-0.15, -0.1) is 0 Å². The average molecular weight is 1290 g/mol. The lowest BCUT2D eigenvalue weighted by atomic mass is 9.91. The molecule has 0 aromatic heterocycles. The van der Waals surface area contributed by atoms with Crippen LogP contribution in [-0.2, 0) is 52.7 Å². The van der Waals surface area contributed by atoms with Crippen LogP contribution in [0.3, 0.4) is 0 Å². The van der Waals surface area contributed by atoms with Crippen molar-refractivity contribution in [2.75, 3.05) is 61.9 Å². The monoisotopic (exact) mass is 1280 g/mol. The zero-order valence-corrected chi connectivity index (χ0v) is 59.7. The van der Waals surface area contributed by atoms with Gasteiger partial charge in [0.1, 0.15) is 66.5 Å². The van der Waals surface area contributed by atoms with Crippen LogP contribution in [-0.4, -0.2) is 239 Å². The van der Waals surface area contributed by atoms with Gasteiger partial charge in [0.05, 0.1) is 6.10 Å². The van der Waals surface area contributed by atoms with Gasteiger partial charge in [-0.05, 0) is 140 Å². The molecule has 0 aromatic carbocycles. The molecule has 0 saturated carbocycles. The molecule has 6 N–H and O–H groups in total.